The van der Waals surface area contributed by atoms with Gasteiger partial charge in [0.05, 0.1) is 22.2 Å². The summed E-state index contributed by atoms with van der Waals surface area (Å²) in [5.41, 5.74) is -3.45. The van der Waals surface area contributed by atoms with Gasteiger partial charge in [-0.15, -0.1) is 0 Å². The van der Waals surface area contributed by atoms with Crippen molar-refractivity contribution in [3.8, 4) is 11.1 Å². The maximum Gasteiger partial charge on any atom is 0.416 e. The van der Waals surface area contributed by atoms with Crippen molar-refractivity contribution in [1.82, 2.24) is 10.2 Å². The third-order valence-corrected chi connectivity index (χ3v) is 5.94. The van der Waals surface area contributed by atoms with Crippen molar-refractivity contribution in [3.63, 3.8) is 0 Å². The number of H-pyrrole nitrogens is 1. The molecule has 0 unspecified atom stereocenters. The molecule has 0 saturated carbocycles. The number of fused-ring (bicyclic) bond motifs is 1. The Kier molecular flexibility index (Phi) is 8.10. The van der Waals surface area contributed by atoms with Gasteiger partial charge in [0.25, 0.3) is 5.91 Å². The molecule has 0 fully saturated rings. The second kappa shape index (κ2) is 11.4. The second-order valence-corrected chi connectivity index (χ2v) is 8.49. The van der Waals surface area contributed by atoms with Crippen molar-refractivity contribution >= 4 is 52.7 Å². The number of hydrogen-bond acceptors (Lipinski definition) is 4. The molecule has 1 aromatic heterocycles. The second-order valence-electron chi connectivity index (χ2n) is 8.23. The third kappa shape index (κ3) is 5.89. The highest BCUT2D eigenvalue weighted by atomic mass is 32.1. The fraction of sp³-hybridized carbons (Fsp3) is 0.0385. The number of nitrogens with zero attached hydrogens (tertiary/aromatic N) is 1. The number of carbonyl (C=O) groups excluding carboxylic acids is 2. The summed E-state index contributed by atoms with van der Waals surface area (Å²) in [6.45, 7) is 3.41. The normalized spacial score (nSPS) is 11.9. The lowest BCUT2D eigenvalue weighted by atomic mass is 10.0. The molecule has 4 N–H and O–H groups in total. The van der Waals surface area contributed by atoms with Crippen molar-refractivity contribution in [3.05, 3.63) is 94.9 Å². The zero-order chi connectivity index (χ0) is 30.1. The van der Waals surface area contributed by atoms with Gasteiger partial charge in [-0.3, -0.25) is 9.89 Å². The number of aromatic amines is 1. The highest BCUT2D eigenvalue weighted by molar-refractivity contribution is 7.83. The van der Waals surface area contributed by atoms with E-state index < -0.39 is 74.9 Å². The molecule has 0 saturated heterocycles. The summed E-state index contributed by atoms with van der Waals surface area (Å²) in [5, 5.41) is 12.7. The summed E-state index contributed by atoms with van der Waals surface area (Å²) >= 11 is 3.84. The van der Waals surface area contributed by atoms with Crippen LogP contribution in [0.5, 0.6) is 0 Å². The first kappa shape index (κ1) is 29.2. The van der Waals surface area contributed by atoms with E-state index in [9.17, 15) is 27.2 Å². The van der Waals surface area contributed by atoms with E-state index in [2.05, 4.69) is 40.0 Å². The maximum atomic E-state index is 15.3. The number of urea groups is 1. The molecule has 41 heavy (non-hydrogen) atoms. The van der Waals surface area contributed by atoms with Gasteiger partial charge in [0.15, 0.2) is 23.3 Å². The van der Waals surface area contributed by atoms with Crippen molar-refractivity contribution in [2.45, 2.75) is 6.18 Å². The highest BCUT2D eigenvalue weighted by Crippen LogP contribution is 2.37. The van der Waals surface area contributed by atoms with Crippen LogP contribution in [-0.2, 0) is 11.0 Å². The van der Waals surface area contributed by atoms with E-state index in [-0.39, 0.29) is 16.8 Å². The van der Waals surface area contributed by atoms with Crippen LogP contribution >= 0.6 is 12.6 Å². The molecule has 0 aliphatic rings. The van der Waals surface area contributed by atoms with Crippen LogP contribution in [0.4, 0.5) is 52.7 Å². The molecule has 1 heterocycles. The molecule has 0 spiro atoms. The summed E-state index contributed by atoms with van der Waals surface area (Å²) in [5.74, 6) is -6.76. The molecular formula is C26H16F7N5O2S. The van der Waals surface area contributed by atoms with E-state index in [0.717, 1.165) is 35.7 Å². The van der Waals surface area contributed by atoms with E-state index in [0.29, 0.717) is 18.2 Å². The van der Waals surface area contributed by atoms with Gasteiger partial charge >= 0.3 is 12.2 Å². The lowest BCUT2D eigenvalue weighted by Crippen LogP contribution is -2.20. The number of carbonyl (C=O) groups is 2. The Morgan fingerprint density at radius 3 is 2.22 bits per heavy atom. The Bertz CT molecular complexity index is 1720. The Morgan fingerprint density at radius 2 is 1.61 bits per heavy atom. The van der Waals surface area contributed by atoms with Gasteiger partial charge in [-0.05, 0) is 41.3 Å². The van der Waals surface area contributed by atoms with Crippen LogP contribution in [0.15, 0.2) is 66.1 Å². The topological polar surface area (TPSA) is 98.9 Å². The molecule has 0 atom stereocenters. The lowest BCUT2D eigenvalue weighted by Gasteiger charge is -2.12. The Labute approximate surface area is 231 Å². The number of aromatic nitrogens is 2. The first-order valence-electron chi connectivity index (χ1n) is 11.2. The molecule has 0 radical (unpaired) electrons. The highest BCUT2D eigenvalue weighted by Gasteiger charge is 2.31. The van der Waals surface area contributed by atoms with Gasteiger partial charge in [0.2, 0.25) is 0 Å². The van der Waals surface area contributed by atoms with E-state index in [4.69, 9.17) is 0 Å². The quantitative estimate of drug-likeness (QED) is 0.0529. The van der Waals surface area contributed by atoms with Crippen molar-refractivity contribution in [2.24, 2.45) is 0 Å². The largest absolute Gasteiger partial charge is 0.416 e. The number of benzene rings is 3. The van der Waals surface area contributed by atoms with E-state index in [1.807, 2.05) is 5.32 Å². The van der Waals surface area contributed by atoms with Crippen molar-refractivity contribution in [1.29, 1.82) is 0 Å². The minimum atomic E-state index is -4.77. The number of rotatable bonds is 6. The molecule has 4 aromatic rings. The average Bonchev–Trinajstić information content (AvgIpc) is 3.33. The maximum absolute atomic E-state index is 15.3. The summed E-state index contributed by atoms with van der Waals surface area (Å²) in [4.78, 5) is 24.4. The zero-order valence-electron chi connectivity index (χ0n) is 20.3. The summed E-state index contributed by atoms with van der Waals surface area (Å²) in [6.07, 6.45) is -3.62. The summed E-state index contributed by atoms with van der Waals surface area (Å²) in [7, 11) is 0. The number of nitrogens with one attached hydrogen (secondary N) is 4. The van der Waals surface area contributed by atoms with Gasteiger partial charge in [-0.1, -0.05) is 24.8 Å². The van der Waals surface area contributed by atoms with Crippen LogP contribution < -0.4 is 16.0 Å². The standard InChI is InChI=1S/C26H16F7N5O2S/c1-2-11(10-41)24(39)36-23-18-20(29)19(28)17(21(30)22(18)37-38-23)12-3-6-14(7-4-12)34-25(40)35-16-9-13(26(31,32)33)5-8-15(16)27/h2-10,41H,1H2,(H2,34,35,40)(H2,36,37,38,39)/b11-10+. The molecule has 7 nitrogen and oxygen atoms in total. The first-order valence-corrected chi connectivity index (χ1v) is 11.7. The third-order valence-electron chi connectivity index (χ3n) is 5.66. The Hall–Kier alpha value is -4.79. The molecule has 0 aliphatic carbocycles. The number of anilines is 3. The fourth-order valence-electron chi connectivity index (χ4n) is 3.69. The van der Waals surface area contributed by atoms with E-state index >= 15 is 13.2 Å². The molecule has 212 valence electrons. The molecule has 0 aliphatic heterocycles. The minimum absolute atomic E-state index is 0.00260. The molecular weight excluding hydrogens is 579 g/mol. The molecule has 3 aromatic carbocycles. The van der Waals surface area contributed by atoms with Gasteiger partial charge in [-0.2, -0.15) is 30.9 Å². The van der Waals surface area contributed by atoms with Crippen LogP contribution in [0.2, 0.25) is 0 Å². The number of hydrogen-bond donors (Lipinski definition) is 5. The smallest absolute Gasteiger partial charge is 0.308 e. The van der Waals surface area contributed by atoms with Crippen LogP contribution in [0.25, 0.3) is 22.0 Å². The van der Waals surface area contributed by atoms with Crippen LogP contribution in [0, 0.1) is 23.3 Å². The number of halogens is 7. The first-order chi connectivity index (χ1) is 19.3. The Balaban J connectivity index is 1.58. The van der Waals surface area contributed by atoms with Crippen molar-refractivity contribution < 1.29 is 40.3 Å². The predicted octanol–water partition coefficient (Wildman–Crippen LogP) is 7.39. The number of alkyl halides is 3. The van der Waals surface area contributed by atoms with Gasteiger partial charge in [0, 0.05) is 11.3 Å². The van der Waals surface area contributed by atoms with E-state index in [1.165, 1.54) is 0 Å². The van der Waals surface area contributed by atoms with E-state index in [1.54, 1.807) is 0 Å². The monoisotopic (exact) mass is 595 g/mol. The zero-order valence-corrected chi connectivity index (χ0v) is 21.2. The van der Waals surface area contributed by atoms with Crippen LogP contribution in [-0.4, -0.2) is 22.1 Å². The molecule has 4 rings (SSSR count). The van der Waals surface area contributed by atoms with Crippen molar-refractivity contribution in [2.75, 3.05) is 16.0 Å². The fourth-order valence-corrected chi connectivity index (χ4v) is 3.91. The summed E-state index contributed by atoms with van der Waals surface area (Å²) in [6, 6.07) is 4.93. The lowest BCUT2D eigenvalue weighted by molar-refractivity contribution is -0.137. The molecule has 15 heteroatoms. The number of thiol groups is 1. The summed E-state index contributed by atoms with van der Waals surface area (Å²) < 4.78 is 98.0. The van der Waals surface area contributed by atoms with Gasteiger partial charge in [-0.25, -0.2) is 22.4 Å². The minimum Gasteiger partial charge on any atom is -0.308 e. The predicted molar refractivity (Wildman–Crippen MR) is 141 cm³/mol. The van der Waals surface area contributed by atoms with Gasteiger partial charge in [0.1, 0.15) is 11.3 Å². The van der Waals surface area contributed by atoms with Crippen LogP contribution in [0.3, 0.4) is 0 Å². The van der Waals surface area contributed by atoms with Crippen LogP contribution in [0.1, 0.15) is 5.56 Å². The average molecular weight is 596 g/mol. The van der Waals surface area contributed by atoms with Gasteiger partial charge < -0.3 is 16.0 Å². The SMILES string of the molecule is C=C/C(=C\S)C(=O)Nc1n[nH]c2c(F)c(-c3ccc(NC(=O)Nc4cc(C(F)(F)F)ccc4F)cc3)c(F)c(F)c12. The number of amides is 3. The Morgan fingerprint density at radius 1 is 0.927 bits per heavy atom. The molecule has 0 bridgehead atoms. The molecule has 3 amide bonds.